The summed E-state index contributed by atoms with van der Waals surface area (Å²) < 4.78 is 7.18. The molecule has 164 valence electrons. The Labute approximate surface area is 189 Å². The van der Waals surface area contributed by atoms with E-state index in [4.69, 9.17) is 4.43 Å². The predicted octanol–water partition coefficient (Wildman–Crippen LogP) is 6.48. The summed E-state index contributed by atoms with van der Waals surface area (Å²) in [6.45, 7) is 12.5. The van der Waals surface area contributed by atoms with Crippen molar-refractivity contribution in [3.8, 4) is 6.07 Å². The van der Waals surface area contributed by atoms with Crippen LogP contribution in [0.15, 0.2) is 60.7 Å². The fraction of sp³-hybridized carbons (Fsp3) is 0.519. The lowest BCUT2D eigenvalue weighted by atomic mass is 9.78. The Bertz CT molecular complexity index is 931. The Kier molecular flexibility index (Phi) is 5.89. The van der Waals surface area contributed by atoms with Crippen LogP contribution in [0.2, 0.25) is 18.1 Å². The lowest BCUT2D eigenvalue weighted by Crippen LogP contribution is -2.60. The summed E-state index contributed by atoms with van der Waals surface area (Å²) in [5.74, 6) is 0.0388. The number of nitriles is 1. The van der Waals surface area contributed by atoms with Crippen LogP contribution in [-0.2, 0) is 16.5 Å². The molecule has 2 aliphatic rings. The van der Waals surface area contributed by atoms with Gasteiger partial charge in [-0.25, -0.2) is 0 Å². The van der Waals surface area contributed by atoms with Gasteiger partial charge in [0, 0.05) is 12.6 Å². The third kappa shape index (κ3) is 3.88. The summed E-state index contributed by atoms with van der Waals surface area (Å²) >= 11 is 0. The maximum Gasteiger partial charge on any atom is 0.192 e. The van der Waals surface area contributed by atoms with Gasteiger partial charge in [0.2, 0.25) is 0 Å². The first kappa shape index (κ1) is 22.3. The molecule has 2 aromatic rings. The molecular formula is C27H36N2OSi. The number of rotatable bonds is 5. The first-order valence-corrected chi connectivity index (χ1v) is 14.5. The van der Waals surface area contributed by atoms with E-state index in [2.05, 4.69) is 105 Å². The van der Waals surface area contributed by atoms with E-state index < -0.39 is 8.32 Å². The molecule has 4 rings (SSSR count). The SMILES string of the molecule is CC(C)(C)[Si](C)(C)OC1CCC2C(C#N)CC1(c1ccccc1)N2Cc1ccccc1. The minimum atomic E-state index is -1.98. The lowest BCUT2D eigenvalue weighted by molar-refractivity contribution is -0.0601. The van der Waals surface area contributed by atoms with Crippen LogP contribution in [0.4, 0.5) is 0 Å². The summed E-state index contributed by atoms with van der Waals surface area (Å²) in [4.78, 5) is 2.63. The molecule has 2 aliphatic heterocycles. The van der Waals surface area contributed by atoms with E-state index >= 15 is 0 Å². The van der Waals surface area contributed by atoms with Crippen LogP contribution >= 0.6 is 0 Å². The van der Waals surface area contributed by atoms with Gasteiger partial charge in [0.05, 0.1) is 23.6 Å². The fourth-order valence-corrected chi connectivity index (χ4v) is 6.77. The molecule has 4 atom stereocenters. The Hall–Kier alpha value is -1.93. The zero-order chi connectivity index (χ0) is 22.3. The largest absolute Gasteiger partial charge is 0.412 e. The molecule has 4 heteroatoms. The third-order valence-corrected chi connectivity index (χ3v) is 12.5. The molecule has 2 aromatic carbocycles. The van der Waals surface area contributed by atoms with Crippen molar-refractivity contribution in [2.24, 2.45) is 5.92 Å². The van der Waals surface area contributed by atoms with Crippen LogP contribution < -0.4 is 0 Å². The van der Waals surface area contributed by atoms with Crippen LogP contribution in [0, 0.1) is 17.2 Å². The second kappa shape index (κ2) is 8.20. The lowest BCUT2D eigenvalue weighted by Gasteiger charge is -2.53. The van der Waals surface area contributed by atoms with E-state index in [9.17, 15) is 5.26 Å². The molecule has 3 nitrogen and oxygen atoms in total. The second-order valence-electron chi connectivity index (χ2n) is 10.9. The molecule has 0 aromatic heterocycles. The molecule has 2 bridgehead atoms. The van der Waals surface area contributed by atoms with Crippen molar-refractivity contribution in [3.05, 3.63) is 71.8 Å². The smallest absolute Gasteiger partial charge is 0.192 e. The Balaban J connectivity index is 1.82. The van der Waals surface area contributed by atoms with Gasteiger partial charge >= 0.3 is 0 Å². The van der Waals surface area contributed by atoms with Gasteiger partial charge in [-0.1, -0.05) is 81.4 Å². The molecule has 2 fully saturated rings. The van der Waals surface area contributed by atoms with Crippen molar-refractivity contribution in [2.75, 3.05) is 0 Å². The van der Waals surface area contributed by atoms with Gasteiger partial charge in [-0.2, -0.15) is 5.26 Å². The summed E-state index contributed by atoms with van der Waals surface area (Å²) in [5.41, 5.74) is 2.35. The number of hydrogen-bond acceptors (Lipinski definition) is 3. The topological polar surface area (TPSA) is 36.3 Å². The average molecular weight is 433 g/mol. The first-order valence-electron chi connectivity index (χ1n) is 11.6. The Morgan fingerprint density at radius 2 is 1.65 bits per heavy atom. The van der Waals surface area contributed by atoms with Crippen molar-refractivity contribution >= 4 is 8.32 Å². The molecule has 0 aliphatic carbocycles. The van der Waals surface area contributed by atoms with E-state index in [0.29, 0.717) is 0 Å². The average Bonchev–Trinajstić information content (AvgIpc) is 2.95. The molecule has 0 N–H and O–H groups in total. The van der Waals surface area contributed by atoms with Gasteiger partial charge in [-0.15, -0.1) is 0 Å². The zero-order valence-corrected chi connectivity index (χ0v) is 20.6. The van der Waals surface area contributed by atoms with Crippen molar-refractivity contribution in [1.29, 1.82) is 5.26 Å². The van der Waals surface area contributed by atoms with Gasteiger partial charge in [0.15, 0.2) is 8.32 Å². The van der Waals surface area contributed by atoms with Crippen LogP contribution in [0.25, 0.3) is 0 Å². The van der Waals surface area contributed by atoms with Gasteiger partial charge in [-0.05, 0) is 48.5 Å². The van der Waals surface area contributed by atoms with E-state index in [-0.39, 0.29) is 28.6 Å². The number of piperidine rings is 1. The zero-order valence-electron chi connectivity index (χ0n) is 19.6. The summed E-state index contributed by atoms with van der Waals surface area (Å²) in [6.07, 6.45) is 3.01. The highest BCUT2D eigenvalue weighted by Crippen LogP contribution is 2.56. The van der Waals surface area contributed by atoms with Gasteiger partial charge in [0.25, 0.3) is 0 Å². The predicted molar refractivity (Wildman–Crippen MR) is 129 cm³/mol. The molecular weight excluding hydrogens is 396 g/mol. The number of hydrogen-bond donors (Lipinski definition) is 0. The quantitative estimate of drug-likeness (QED) is 0.507. The highest BCUT2D eigenvalue weighted by atomic mass is 28.4. The summed E-state index contributed by atoms with van der Waals surface area (Å²) in [7, 11) is -1.98. The molecule has 4 unspecified atom stereocenters. The standard InChI is InChI=1S/C27H36N2OSi/c1-26(2,3)31(4,5)30-25-17-16-24-22(19-28)18-27(25,23-14-10-7-11-15-23)29(24)20-21-12-8-6-9-13-21/h6-15,22,24-25H,16-18,20H2,1-5H3. The maximum atomic E-state index is 10.1. The molecule has 0 amide bonds. The molecule has 2 heterocycles. The molecule has 2 saturated heterocycles. The van der Waals surface area contributed by atoms with E-state index in [1.807, 2.05) is 0 Å². The van der Waals surface area contributed by atoms with Crippen LogP contribution in [0.3, 0.4) is 0 Å². The van der Waals surface area contributed by atoms with Crippen molar-refractivity contribution in [1.82, 2.24) is 4.90 Å². The normalized spacial score (nSPS) is 29.0. The maximum absolute atomic E-state index is 10.1. The molecule has 0 radical (unpaired) electrons. The minimum absolute atomic E-state index is 0.0388. The van der Waals surface area contributed by atoms with Gasteiger partial charge < -0.3 is 4.43 Å². The van der Waals surface area contributed by atoms with Crippen molar-refractivity contribution in [3.63, 3.8) is 0 Å². The van der Waals surface area contributed by atoms with Crippen LogP contribution in [0.5, 0.6) is 0 Å². The molecule has 31 heavy (non-hydrogen) atoms. The van der Waals surface area contributed by atoms with Crippen LogP contribution in [-0.4, -0.2) is 25.4 Å². The van der Waals surface area contributed by atoms with Crippen molar-refractivity contribution < 1.29 is 4.43 Å². The summed E-state index contributed by atoms with van der Waals surface area (Å²) in [6, 6.07) is 24.5. The molecule has 0 saturated carbocycles. The number of fused-ring (bicyclic) bond motifs is 2. The first-order chi connectivity index (χ1) is 14.7. The van der Waals surface area contributed by atoms with E-state index in [1.165, 1.54) is 11.1 Å². The highest BCUT2D eigenvalue weighted by molar-refractivity contribution is 6.74. The van der Waals surface area contributed by atoms with E-state index in [1.54, 1.807) is 0 Å². The van der Waals surface area contributed by atoms with Crippen LogP contribution in [0.1, 0.15) is 51.2 Å². The monoisotopic (exact) mass is 432 g/mol. The summed E-state index contributed by atoms with van der Waals surface area (Å²) in [5, 5.41) is 10.2. The highest BCUT2D eigenvalue weighted by Gasteiger charge is 2.61. The Morgan fingerprint density at radius 3 is 2.23 bits per heavy atom. The minimum Gasteiger partial charge on any atom is -0.412 e. The Morgan fingerprint density at radius 1 is 1.03 bits per heavy atom. The number of benzene rings is 2. The van der Waals surface area contributed by atoms with Gasteiger partial charge in [-0.3, -0.25) is 4.90 Å². The second-order valence-corrected chi connectivity index (χ2v) is 15.6. The van der Waals surface area contributed by atoms with Crippen molar-refractivity contribution in [2.45, 2.75) is 82.4 Å². The molecule has 0 spiro atoms. The van der Waals surface area contributed by atoms with Gasteiger partial charge in [0.1, 0.15) is 0 Å². The number of nitrogens with zero attached hydrogens (tertiary/aromatic N) is 2. The third-order valence-electron chi connectivity index (χ3n) is 8.04. The van der Waals surface area contributed by atoms with E-state index in [0.717, 1.165) is 25.8 Å². The fourth-order valence-electron chi connectivity index (χ4n) is 5.39.